The summed E-state index contributed by atoms with van der Waals surface area (Å²) < 4.78 is 4.97. The number of halogens is 1. The Morgan fingerprint density at radius 1 is 1.40 bits per heavy atom. The van der Waals surface area contributed by atoms with Gasteiger partial charge in [0.2, 0.25) is 0 Å². The van der Waals surface area contributed by atoms with E-state index in [9.17, 15) is 0 Å². The van der Waals surface area contributed by atoms with E-state index in [0.29, 0.717) is 0 Å². The third-order valence-corrected chi connectivity index (χ3v) is 2.08. The predicted octanol–water partition coefficient (Wildman–Crippen LogP) is 1.74. The largest absolute Gasteiger partial charge is 0.385 e. The van der Waals surface area contributed by atoms with Crippen LogP contribution in [-0.4, -0.2) is 30.5 Å². The Hall–Kier alpha value is -0.580. The number of nitrogens with zero attached hydrogens (tertiary/aromatic N) is 1. The number of rotatable bonds is 8. The third kappa shape index (κ3) is 7.36. The van der Waals surface area contributed by atoms with E-state index < -0.39 is 0 Å². The molecule has 0 saturated carbocycles. The fourth-order valence-corrected chi connectivity index (χ4v) is 1.28. The van der Waals surface area contributed by atoms with Gasteiger partial charge in [0, 0.05) is 32.2 Å². The Morgan fingerprint density at radius 2 is 2.27 bits per heavy atom. The summed E-state index contributed by atoms with van der Waals surface area (Å²) in [6, 6.07) is 1.98. The highest BCUT2D eigenvalue weighted by Crippen LogP contribution is 1.95. The number of hydrogen-bond donors (Lipinski definition) is 2. The molecule has 5 heteroatoms. The van der Waals surface area contributed by atoms with Crippen LogP contribution in [0.5, 0.6) is 0 Å². The van der Waals surface area contributed by atoms with E-state index in [-0.39, 0.29) is 12.4 Å². The van der Waals surface area contributed by atoms with E-state index in [0.717, 1.165) is 31.8 Å². The van der Waals surface area contributed by atoms with Gasteiger partial charge in [-0.15, -0.1) is 12.4 Å². The molecule has 0 bridgehead atoms. The lowest BCUT2D eigenvalue weighted by molar-refractivity contribution is 0.192. The van der Waals surface area contributed by atoms with Crippen molar-refractivity contribution in [1.29, 1.82) is 0 Å². The van der Waals surface area contributed by atoms with Crippen molar-refractivity contribution in [2.45, 2.75) is 25.8 Å². The Labute approximate surface area is 97.2 Å². The first-order valence-electron chi connectivity index (χ1n) is 5.11. The van der Waals surface area contributed by atoms with Crippen LogP contribution in [0, 0.1) is 0 Å². The third-order valence-electron chi connectivity index (χ3n) is 2.08. The summed E-state index contributed by atoms with van der Waals surface area (Å²) in [4.78, 5) is 0. The second-order valence-electron chi connectivity index (χ2n) is 3.31. The zero-order chi connectivity index (χ0) is 10.1. The number of ether oxygens (including phenoxy) is 1. The predicted molar refractivity (Wildman–Crippen MR) is 63.3 cm³/mol. The van der Waals surface area contributed by atoms with E-state index >= 15 is 0 Å². The molecule has 0 aliphatic heterocycles. The number of nitrogens with one attached hydrogen (secondary N) is 2. The summed E-state index contributed by atoms with van der Waals surface area (Å²) in [5.74, 6) is 0. The van der Waals surface area contributed by atoms with Crippen LogP contribution in [0.2, 0.25) is 0 Å². The second kappa shape index (κ2) is 9.96. The van der Waals surface area contributed by atoms with Crippen LogP contribution in [-0.2, 0) is 11.3 Å². The first-order chi connectivity index (χ1) is 6.93. The number of aromatic nitrogens is 2. The number of unbranched alkanes of at least 4 members (excludes halogenated alkanes) is 2. The van der Waals surface area contributed by atoms with Gasteiger partial charge < -0.3 is 10.1 Å². The van der Waals surface area contributed by atoms with Crippen molar-refractivity contribution >= 4 is 12.4 Å². The summed E-state index contributed by atoms with van der Waals surface area (Å²) in [6.07, 6.45) is 5.36. The maximum absolute atomic E-state index is 4.97. The molecule has 2 N–H and O–H groups in total. The molecule has 0 aliphatic carbocycles. The lowest BCUT2D eigenvalue weighted by atomic mass is 10.2. The molecule has 15 heavy (non-hydrogen) atoms. The van der Waals surface area contributed by atoms with E-state index in [4.69, 9.17) is 4.74 Å². The highest BCUT2D eigenvalue weighted by molar-refractivity contribution is 5.85. The van der Waals surface area contributed by atoms with Crippen molar-refractivity contribution < 1.29 is 4.74 Å². The highest BCUT2D eigenvalue weighted by atomic mass is 35.5. The van der Waals surface area contributed by atoms with Crippen molar-refractivity contribution in [1.82, 2.24) is 15.5 Å². The Bertz CT molecular complexity index is 216. The molecule has 0 fully saturated rings. The van der Waals surface area contributed by atoms with Gasteiger partial charge in [0.15, 0.2) is 0 Å². The van der Waals surface area contributed by atoms with Crippen molar-refractivity contribution in [2.75, 3.05) is 20.3 Å². The molecule has 1 aromatic heterocycles. The van der Waals surface area contributed by atoms with Gasteiger partial charge in [-0.1, -0.05) is 0 Å². The van der Waals surface area contributed by atoms with Gasteiger partial charge in [0.25, 0.3) is 0 Å². The van der Waals surface area contributed by atoms with Crippen molar-refractivity contribution in [3.05, 3.63) is 18.0 Å². The summed E-state index contributed by atoms with van der Waals surface area (Å²) in [7, 11) is 1.75. The van der Waals surface area contributed by atoms with E-state index in [2.05, 4.69) is 15.5 Å². The van der Waals surface area contributed by atoms with Crippen molar-refractivity contribution in [3.8, 4) is 0 Å². The summed E-state index contributed by atoms with van der Waals surface area (Å²) in [5.41, 5.74) is 1.14. The maximum Gasteiger partial charge on any atom is 0.0490 e. The minimum absolute atomic E-state index is 0. The average Bonchev–Trinajstić information content (AvgIpc) is 2.69. The van der Waals surface area contributed by atoms with Gasteiger partial charge in [0.05, 0.1) is 0 Å². The first-order valence-corrected chi connectivity index (χ1v) is 5.11. The molecule has 0 saturated heterocycles. The normalized spacial score (nSPS) is 9.93. The zero-order valence-corrected chi connectivity index (χ0v) is 9.98. The van der Waals surface area contributed by atoms with Gasteiger partial charge in [0.1, 0.15) is 0 Å². The summed E-state index contributed by atoms with van der Waals surface area (Å²) >= 11 is 0. The van der Waals surface area contributed by atoms with Crippen LogP contribution in [0.1, 0.15) is 25.0 Å². The zero-order valence-electron chi connectivity index (χ0n) is 9.16. The topological polar surface area (TPSA) is 49.9 Å². The Kier molecular flexibility index (Phi) is 9.57. The van der Waals surface area contributed by atoms with Crippen LogP contribution in [0.25, 0.3) is 0 Å². The summed E-state index contributed by atoms with van der Waals surface area (Å²) in [6.45, 7) is 2.81. The molecule has 0 aliphatic rings. The monoisotopic (exact) mass is 233 g/mol. The van der Waals surface area contributed by atoms with Gasteiger partial charge in [-0.05, 0) is 31.9 Å². The number of aromatic amines is 1. The molecule has 0 aromatic carbocycles. The number of methoxy groups -OCH3 is 1. The van der Waals surface area contributed by atoms with Gasteiger partial charge >= 0.3 is 0 Å². The van der Waals surface area contributed by atoms with Crippen LogP contribution in [0.15, 0.2) is 12.3 Å². The lowest BCUT2D eigenvalue weighted by Gasteiger charge is -2.02. The smallest absolute Gasteiger partial charge is 0.0490 e. The quantitative estimate of drug-likeness (QED) is 0.673. The first kappa shape index (κ1) is 14.4. The SMILES string of the molecule is COCCCCCNCc1ccn[nH]1.Cl. The van der Waals surface area contributed by atoms with Crippen LogP contribution in [0.3, 0.4) is 0 Å². The summed E-state index contributed by atoms with van der Waals surface area (Å²) in [5, 5.41) is 10.1. The number of hydrogen-bond acceptors (Lipinski definition) is 3. The fourth-order valence-electron chi connectivity index (χ4n) is 1.28. The molecular formula is C10H20ClN3O. The molecule has 0 spiro atoms. The van der Waals surface area contributed by atoms with E-state index in [1.54, 1.807) is 13.3 Å². The standard InChI is InChI=1S/C10H19N3O.ClH/c1-14-8-4-2-3-6-11-9-10-5-7-12-13-10;/h5,7,11H,2-4,6,8-9H2,1H3,(H,12,13);1H. The lowest BCUT2D eigenvalue weighted by Crippen LogP contribution is -2.15. The molecule has 0 radical (unpaired) electrons. The molecule has 1 aromatic rings. The highest BCUT2D eigenvalue weighted by Gasteiger charge is 1.92. The molecule has 88 valence electrons. The van der Waals surface area contributed by atoms with Gasteiger partial charge in [-0.25, -0.2) is 0 Å². The molecule has 1 rings (SSSR count). The average molecular weight is 234 g/mol. The van der Waals surface area contributed by atoms with E-state index in [1.807, 2.05) is 6.07 Å². The Morgan fingerprint density at radius 3 is 2.93 bits per heavy atom. The van der Waals surface area contributed by atoms with Crippen LogP contribution in [0.4, 0.5) is 0 Å². The van der Waals surface area contributed by atoms with Crippen molar-refractivity contribution in [2.24, 2.45) is 0 Å². The minimum Gasteiger partial charge on any atom is -0.385 e. The Balaban J connectivity index is 0.00000196. The van der Waals surface area contributed by atoms with Gasteiger partial charge in [-0.2, -0.15) is 5.10 Å². The molecule has 0 amide bonds. The molecule has 0 atom stereocenters. The van der Waals surface area contributed by atoms with Crippen molar-refractivity contribution in [3.63, 3.8) is 0 Å². The van der Waals surface area contributed by atoms with Gasteiger partial charge in [-0.3, -0.25) is 5.10 Å². The maximum atomic E-state index is 4.97. The van der Waals surface area contributed by atoms with E-state index in [1.165, 1.54) is 12.8 Å². The second-order valence-corrected chi connectivity index (χ2v) is 3.31. The fraction of sp³-hybridized carbons (Fsp3) is 0.700. The molecule has 4 nitrogen and oxygen atoms in total. The molecule has 0 unspecified atom stereocenters. The van der Waals surface area contributed by atoms with Crippen LogP contribution >= 0.6 is 12.4 Å². The minimum atomic E-state index is 0. The molecule has 1 heterocycles. The number of H-pyrrole nitrogens is 1. The van der Waals surface area contributed by atoms with Crippen LogP contribution < -0.4 is 5.32 Å². The molecular weight excluding hydrogens is 214 g/mol.